The number of hydrogen-bond acceptors (Lipinski definition) is 3. The van der Waals surface area contributed by atoms with Crippen molar-refractivity contribution in [2.75, 3.05) is 6.54 Å². The van der Waals surface area contributed by atoms with E-state index in [9.17, 15) is 0 Å². The Kier molecular flexibility index (Phi) is 4.39. The third-order valence-corrected chi connectivity index (χ3v) is 3.51. The van der Waals surface area contributed by atoms with Crippen LogP contribution in [0.2, 0.25) is 0 Å². The summed E-state index contributed by atoms with van der Waals surface area (Å²) in [7, 11) is 0. The van der Waals surface area contributed by atoms with Crippen molar-refractivity contribution in [3.63, 3.8) is 0 Å². The first kappa shape index (κ1) is 14.2. The van der Waals surface area contributed by atoms with Crippen LogP contribution in [0.3, 0.4) is 0 Å². The molecule has 0 radical (unpaired) electrons. The molecule has 0 amide bonds. The normalized spacial score (nSPS) is 18.1. The molecule has 4 heteroatoms. The Hall–Kier alpha value is -2.75. The lowest BCUT2D eigenvalue weighted by Gasteiger charge is -2.27. The van der Waals surface area contributed by atoms with Crippen LogP contribution in [0.1, 0.15) is 11.1 Å². The number of benzene rings is 2. The highest BCUT2D eigenvalue weighted by Crippen LogP contribution is 2.10. The van der Waals surface area contributed by atoms with Crippen LogP contribution < -0.4 is 0 Å². The van der Waals surface area contributed by atoms with Crippen molar-refractivity contribution >= 4 is 18.4 Å². The summed E-state index contributed by atoms with van der Waals surface area (Å²) < 4.78 is 0. The summed E-state index contributed by atoms with van der Waals surface area (Å²) in [6.45, 7) is 1.47. The lowest BCUT2D eigenvalue weighted by Crippen LogP contribution is -2.38. The summed E-state index contributed by atoms with van der Waals surface area (Å²) in [5, 5.41) is 7.94. The molecule has 2 aromatic rings. The first-order valence-electron chi connectivity index (χ1n) is 7.30. The van der Waals surface area contributed by atoms with Gasteiger partial charge in [0, 0.05) is 19.3 Å². The number of aliphatic imine (C=N–C) groups is 2. The van der Waals surface area contributed by atoms with Crippen LogP contribution >= 0.6 is 0 Å². The Morgan fingerprint density at radius 1 is 1.09 bits per heavy atom. The van der Waals surface area contributed by atoms with Gasteiger partial charge >= 0.3 is 0 Å². The van der Waals surface area contributed by atoms with Crippen molar-refractivity contribution in [1.82, 2.24) is 4.90 Å². The van der Waals surface area contributed by atoms with Gasteiger partial charge in [0.05, 0.1) is 6.34 Å². The van der Waals surface area contributed by atoms with Gasteiger partial charge in [-0.05, 0) is 11.1 Å². The molecular weight excluding hydrogens is 272 g/mol. The monoisotopic (exact) mass is 290 g/mol. The molecule has 1 heterocycles. The van der Waals surface area contributed by atoms with E-state index in [1.165, 1.54) is 5.56 Å². The zero-order valence-electron chi connectivity index (χ0n) is 12.3. The molecule has 0 aromatic heterocycles. The Balaban J connectivity index is 1.67. The van der Waals surface area contributed by atoms with Gasteiger partial charge in [-0.1, -0.05) is 60.7 Å². The fourth-order valence-electron chi connectivity index (χ4n) is 2.34. The predicted molar refractivity (Wildman–Crippen MR) is 90.9 cm³/mol. The van der Waals surface area contributed by atoms with Gasteiger partial charge in [0.2, 0.25) is 0 Å². The van der Waals surface area contributed by atoms with Crippen molar-refractivity contribution < 1.29 is 0 Å². The molecule has 1 unspecified atom stereocenters. The van der Waals surface area contributed by atoms with Crippen molar-refractivity contribution in [2.45, 2.75) is 12.6 Å². The molecule has 0 spiro atoms. The second-order valence-electron chi connectivity index (χ2n) is 5.25. The minimum absolute atomic E-state index is 0.214. The molecule has 4 nitrogen and oxygen atoms in total. The van der Waals surface area contributed by atoms with Gasteiger partial charge < -0.3 is 4.90 Å². The molecule has 0 fully saturated rings. The average molecular weight is 290 g/mol. The zero-order valence-corrected chi connectivity index (χ0v) is 12.3. The van der Waals surface area contributed by atoms with E-state index in [4.69, 9.17) is 5.41 Å². The summed E-state index contributed by atoms with van der Waals surface area (Å²) in [5.41, 5.74) is 2.27. The highest BCUT2D eigenvalue weighted by Gasteiger charge is 2.20. The number of hydrogen-bond donors (Lipinski definition) is 1. The molecule has 1 N–H and O–H groups in total. The van der Waals surface area contributed by atoms with E-state index in [1.54, 1.807) is 6.34 Å². The van der Waals surface area contributed by atoms with Gasteiger partial charge in [-0.25, -0.2) is 4.99 Å². The van der Waals surface area contributed by atoms with Crippen LogP contribution in [0, 0.1) is 5.41 Å². The minimum Gasteiger partial charge on any atom is -0.356 e. The van der Waals surface area contributed by atoms with Gasteiger partial charge in [0.25, 0.3) is 0 Å². The Morgan fingerprint density at radius 2 is 1.77 bits per heavy atom. The standard InChI is InChI=1S/C18H18N4/c19-18-17(20-11-15-7-3-1-4-8-15)13-22(14-21-18)12-16-9-5-2-6-10-16/h1-11,14,17,19H,12-13H2. The topological polar surface area (TPSA) is 51.8 Å². The van der Waals surface area contributed by atoms with Gasteiger partial charge in [-0.3, -0.25) is 10.4 Å². The molecule has 22 heavy (non-hydrogen) atoms. The third kappa shape index (κ3) is 3.67. The van der Waals surface area contributed by atoms with Crippen molar-refractivity contribution in [3.05, 3.63) is 71.8 Å². The fourth-order valence-corrected chi connectivity index (χ4v) is 2.34. The van der Waals surface area contributed by atoms with Crippen LogP contribution in [-0.2, 0) is 6.54 Å². The molecular formula is C18H18N4. The SMILES string of the molecule is N=C1N=CN(Cc2ccccc2)CC1N=Cc1ccccc1. The molecule has 1 aliphatic heterocycles. The quantitative estimate of drug-likeness (QED) is 0.865. The maximum Gasteiger partial charge on any atom is 0.148 e. The van der Waals surface area contributed by atoms with Gasteiger partial charge in [0.1, 0.15) is 11.9 Å². The summed E-state index contributed by atoms with van der Waals surface area (Å²) in [6, 6.07) is 20.0. The lowest BCUT2D eigenvalue weighted by atomic mass is 10.1. The Bertz CT molecular complexity index is 677. The van der Waals surface area contributed by atoms with Gasteiger partial charge in [0.15, 0.2) is 0 Å². The summed E-state index contributed by atoms with van der Waals surface area (Å²) >= 11 is 0. The molecule has 0 saturated carbocycles. The van der Waals surface area contributed by atoms with Crippen molar-refractivity contribution in [2.24, 2.45) is 9.98 Å². The van der Waals surface area contributed by atoms with Crippen molar-refractivity contribution in [1.29, 1.82) is 5.41 Å². The molecule has 1 aliphatic rings. The molecule has 0 aliphatic carbocycles. The molecule has 110 valence electrons. The van der Waals surface area contributed by atoms with Crippen LogP contribution in [0.4, 0.5) is 0 Å². The maximum atomic E-state index is 7.94. The highest BCUT2D eigenvalue weighted by molar-refractivity contribution is 5.95. The van der Waals surface area contributed by atoms with E-state index >= 15 is 0 Å². The lowest BCUT2D eigenvalue weighted by molar-refractivity contribution is 0.409. The predicted octanol–water partition coefficient (Wildman–Crippen LogP) is 3.00. The van der Waals surface area contributed by atoms with E-state index in [1.807, 2.05) is 54.7 Å². The Labute approximate surface area is 130 Å². The number of amidine groups is 1. The summed E-state index contributed by atoms with van der Waals surface area (Å²) in [6.07, 6.45) is 3.56. The number of rotatable bonds is 4. The summed E-state index contributed by atoms with van der Waals surface area (Å²) in [5.74, 6) is 0.316. The smallest absolute Gasteiger partial charge is 0.148 e. The second-order valence-corrected chi connectivity index (χ2v) is 5.25. The Morgan fingerprint density at radius 3 is 2.50 bits per heavy atom. The van der Waals surface area contributed by atoms with Crippen molar-refractivity contribution in [3.8, 4) is 0 Å². The van der Waals surface area contributed by atoms with Gasteiger partial charge in [-0.2, -0.15) is 0 Å². The van der Waals surface area contributed by atoms with Crippen LogP contribution in [-0.4, -0.2) is 35.9 Å². The van der Waals surface area contributed by atoms with Crippen LogP contribution in [0.5, 0.6) is 0 Å². The molecule has 1 atom stereocenters. The largest absolute Gasteiger partial charge is 0.356 e. The van der Waals surface area contributed by atoms with E-state index < -0.39 is 0 Å². The molecule has 2 aromatic carbocycles. The number of nitrogens with zero attached hydrogens (tertiary/aromatic N) is 3. The van der Waals surface area contributed by atoms with E-state index in [0.717, 1.165) is 12.1 Å². The van der Waals surface area contributed by atoms with Crippen LogP contribution in [0.15, 0.2) is 70.6 Å². The van der Waals surface area contributed by atoms with E-state index in [-0.39, 0.29) is 6.04 Å². The summed E-state index contributed by atoms with van der Waals surface area (Å²) in [4.78, 5) is 10.8. The third-order valence-electron chi connectivity index (χ3n) is 3.51. The first-order valence-corrected chi connectivity index (χ1v) is 7.30. The van der Waals surface area contributed by atoms with Gasteiger partial charge in [-0.15, -0.1) is 0 Å². The second kappa shape index (κ2) is 6.80. The average Bonchev–Trinajstić information content (AvgIpc) is 2.57. The van der Waals surface area contributed by atoms with E-state index in [2.05, 4.69) is 27.0 Å². The van der Waals surface area contributed by atoms with Crippen LogP contribution in [0.25, 0.3) is 0 Å². The molecule has 0 bridgehead atoms. The fraction of sp³-hybridized carbons (Fsp3) is 0.167. The first-order chi connectivity index (χ1) is 10.8. The van der Waals surface area contributed by atoms with E-state index in [0.29, 0.717) is 12.4 Å². The number of nitrogens with one attached hydrogen (secondary N) is 1. The zero-order chi connectivity index (χ0) is 15.2. The maximum absolute atomic E-state index is 7.94. The highest BCUT2D eigenvalue weighted by atomic mass is 15.2. The minimum atomic E-state index is -0.214. The molecule has 3 rings (SSSR count). The molecule has 0 saturated heterocycles.